The third-order valence-electron chi connectivity index (χ3n) is 5.55. The van der Waals surface area contributed by atoms with Gasteiger partial charge in [0.05, 0.1) is 0 Å². The van der Waals surface area contributed by atoms with Crippen molar-refractivity contribution >= 4 is 0 Å². The van der Waals surface area contributed by atoms with Crippen LogP contribution in [0.3, 0.4) is 0 Å². The van der Waals surface area contributed by atoms with E-state index >= 15 is 0 Å². The first-order valence-electron chi connectivity index (χ1n) is 8.05. The van der Waals surface area contributed by atoms with Gasteiger partial charge in [-0.2, -0.15) is 0 Å². The van der Waals surface area contributed by atoms with Crippen molar-refractivity contribution in [2.24, 2.45) is 17.1 Å². The number of rotatable bonds is 4. The van der Waals surface area contributed by atoms with Crippen molar-refractivity contribution < 1.29 is 0 Å². The van der Waals surface area contributed by atoms with Crippen molar-refractivity contribution in [3.05, 3.63) is 0 Å². The molecule has 0 aliphatic heterocycles. The second-order valence-corrected chi connectivity index (χ2v) is 7.09. The molecule has 2 heteroatoms. The lowest BCUT2D eigenvalue weighted by Crippen LogP contribution is -2.47. The minimum atomic E-state index is 0.429. The summed E-state index contributed by atoms with van der Waals surface area (Å²) < 4.78 is 0. The van der Waals surface area contributed by atoms with E-state index in [0.29, 0.717) is 5.41 Å². The molecule has 0 radical (unpaired) electrons. The van der Waals surface area contributed by atoms with E-state index in [1.165, 1.54) is 64.3 Å². The van der Waals surface area contributed by atoms with E-state index in [1.54, 1.807) is 0 Å². The van der Waals surface area contributed by atoms with E-state index in [0.717, 1.165) is 18.5 Å². The largest absolute Gasteiger partial charge is 0.330 e. The van der Waals surface area contributed by atoms with Crippen LogP contribution in [0.5, 0.6) is 0 Å². The van der Waals surface area contributed by atoms with Gasteiger partial charge in [-0.25, -0.2) is 0 Å². The number of nitrogens with zero attached hydrogens (tertiary/aromatic N) is 1. The highest BCUT2D eigenvalue weighted by Crippen LogP contribution is 2.39. The standard InChI is InChI=1S/C16H32N2/c1-14-8-10-16(12-17,11-9-14)13-18(2)15-6-4-3-5-7-15/h14-15H,3-13,17H2,1-2H3. The average Bonchev–Trinajstić information content (AvgIpc) is 2.43. The minimum Gasteiger partial charge on any atom is -0.330 e. The second kappa shape index (κ2) is 6.38. The molecule has 2 fully saturated rings. The Balaban J connectivity index is 1.88. The molecular weight excluding hydrogens is 220 g/mol. The molecule has 0 atom stereocenters. The maximum atomic E-state index is 6.13. The number of nitrogens with two attached hydrogens (primary N) is 1. The van der Waals surface area contributed by atoms with E-state index in [9.17, 15) is 0 Å². The summed E-state index contributed by atoms with van der Waals surface area (Å²) >= 11 is 0. The molecule has 106 valence electrons. The zero-order valence-electron chi connectivity index (χ0n) is 12.5. The molecule has 0 saturated heterocycles. The predicted molar refractivity (Wildman–Crippen MR) is 78.6 cm³/mol. The van der Waals surface area contributed by atoms with E-state index < -0.39 is 0 Å². The highest BCUT2D eigenvalue weighted by Gasteiger charge is 2.35. The smallest absolute Gasteiger partial charge is 0.00924 e. The Kier molecular flexibility index (Phi) is 5.08. The van der Waals surface area contributed by atoms with Crippen LogP contribution in [0.15, 0.2) is 0 Å². The topological polar surface area (TPSA) is 29.3 Å². The molecule has 0 aromatic heterocycles. The Bertz CT molecular complexity index is 237. The van der Waals surface area contributed by atoms with Crippen molar-refractivity contribution in [3.8, 4) is 0 Å². The van der Waals surface area contributed by atoms with Gasteiger partial charge in [0.2, 0.25) is 0 Å². The fraction of sp³-hybridized carbons (Fsp3) is 1.00. The minimum absolute atomic E-state index is 0.429. The quantitative estimate of drug-likeness (QED) is 0.831. The highest BCUT2D eigenvalue weighted by atomic mass is 15.1. The normalized spacial score (nSPS) is 35.0. The van der Waals surface area contributed by atoms with E-state index in [1.807, 2.05) is 0 Å². The first-order chi connectivity index (χ1) is 8.65. The molecule has 0 spiro atoms. The van der Waals surface area contributed by atoms with Crippen LogP contribution in [-0.2, 0) is 0 Å². The zero-order valence-corrected chi connectivity index (χ0v) is 12.5. The molecule has 2 aliphatic rings. The lowest BCUT2D eigenvalue weighted by molar-refractivity contribution is 0.0747. The van der Waals surface area contributed by atoms with Crippen molar-refractivity contribution in [2.75, 3.05) is 20.1 Å². The van der Waals surface area contributed by atoms with Crippen LogP contribution in [0.1, 0.15) is 64.7 Å². The summed E-state index contributed by atoms with van der Waals surface area (Å²) in [5.74, 6) is 0.921. The van der Waals surface area contributed by atoms with E-state index in [2.05, 4.69) is 18.9 Å². The van der Waals surface area contributed by atoms with Crippen LogP contribution in [-0.4, -0.2) is 31.1 Å². The highest BCUT2D eigenvalue weighted by molar-refractivity contribution is 4.89. The Hall–Kier alpha value is -0.0800. The van der Waals surface area contributed by atoms with Crippen molar-refractivity contribution in [1.29, 1.82) is 0 Å². The molecule has 0 amide bonds. The fourth-order valence-corrected chi connectivity index (χ4v) is 3.98. The van der Waals surface area contributed by atoms with Crippen LogP contribution < -0.4 is 5.73 Å². The zero-order chi connectivity index (χ0) is 13.0. The second-order valence-electron chi connectivity index (χ2n) is 7.09. The molecule has 0 unspecified atom stereocenters. The number of hydrogen-bond acceptors (Lipinski definition) is 2. The van der Waals surface area contributed by atoms with Gasteiger partial charge in [-0.1, -0.05) is 39.0 Å². The molecule has 2 nitrogen and oxygen atoms in total. The predicted octanol–water partition coefficient (Wildman–Crippen LogP) is 3.41. The van der Waals surface area contributed by atoms with Gasteiger partial charge >= 0.3 is 0 Å². The van der Waals surface area contributed by atoms with Crippen molar-refractivity contribution in [3.63, 3.8) is 0 Å². The Morgan fingerprint density at radius 3 is 2.22 bits per heavy atom. The van der Waals surface area contributed by atoms with Gasteiger partial charge in [0.15, 0.2) is 0 Å². The Labute approximate surface area is 113 Å². The summed E-state index contributed by atoms with van der Waals surface area (Å²) in [7, 11) is 2.34. The molecule has 0 aromatic carbocycles. The average molecular weight is 252 g/mol. The van der Waals surface area contributed by atoms with Gasteiger partial charge in [0.1, 0.15) is 0 Å². The Morgan fingerprint density at radius 2 is 1.67 bits per heavy atom. The third-order valence-corrected chi connectivity index (χ3v) is 5.55. The lowest BCUT2D eigenvalue weighted by Gasteiger charge is -2.43. The summed E-state index contributed by atoms with van der Waals surface area (Å²) in [5.41, 5.74) is 6.56. The van der Waals surface area contributed by atoms with Crippen LogP contribution in [0, 0.1) is 11.3 Å². The molecule has 2 saturated carbocycles. The van der Waals surface area contributed by atoms with Crippen LogP contribution in [0.4, 0.5) is 0 Å². The van der Waals surface area contributed by atoms with E-state index in [4.69, 9.17) is 5.73 Å². The lowest BCUT2D eigenvalue weighted by atomic mass is 9.70. The fourth-order valence-electron chi connectivity index (χ4n) is 3.98. The molecule has 0 aromatic rings. The molecule has 2 N–H and O–H groups in total. The molecule has 2 rings (SSSR count). The summed E-state index contributed by atoms with van der Waals surface area (Å²) in [6, 6.07) is 0.835. The van der Waals surface area contributed by atoms with Gasteiger partial charge < -0.3 is 10.6 Å². The third kappa shape index (κ3) is 3.48. The van der Waals surface area contributed by atoms with Gasteiger partial charge in [0, 0.05) is 12.6 Å². The molecule has 0 heterocycles. The molecule has 0 bridgehead atoms. The summed E-state index contributed by atoms with van der Waals surface area (Å²) in [4.78, 5) is 2.64. The SMILES string of the molecule is CC1CCC(CN)(CN(C)C2CCCCC2)CC1. The van der Waals surface area contributed by atoms with Crippen LogP contribution in [0.2, 0.25) is 0 Å². The molecule has 2 aliphatic carbocycles. The van der Waals surface area contributed by atoms with E-state index in [-0.39, 0.29) is 0 Å². The van der Waals surface area contributed by atoms with Crippen molar-refractivity contribution in [1.82, 2.24) is 4.90 Å². The monoisotopic (exact) mass is 252 g/mol. The van der Waals surface area contributed by atoms with Gasteiger partial charge in [-0.3, -0.25) is 0 Å². The van der Waals surface area contributed by atoms with Crippen molar-refractivity contribution in [2.45, 2.75) is 70.8 Å². The number of hydrogen-bond donors (Lipinski definition) is 1. The van der Waals surface area contributed by atoms with Gasteiger partial charge in [-0.05, 0) is 50.6 Å². The van der Waals surface area contributed by atoms with Crippen LogP contribution in [0.25, 0.3) is 0 Å². The van der Waals surface area contributed by atoms with Gasteiger partial charge in [0.25, 0.3) is 0 Å². The maximum Gasteiger partial charge on any atom is 0.00924 e. The Morgan fingerprint density at radius 1 is 1.06 bits per heavy atom. The summed E-state index contributed by atoms with van der Waals surface area (Å²) in [6.07, 6.45) is 12.6. The molecular formula is C16H32N2. The summed E-state index contributed by atoms with van der Waals surface area (Å²) in [5, 5.41) is 0. The maximum absolute atomic E-state index is 6.13. The van der Waals surface area contributed by atoms with Gasteiger partial charge in [-0.15, -0.1) is 0 Å². The van der Waals surface area contributed by atoms with Crippen LogP contribution >= 0.6 is 0 Å². The molecule has 18 heavy (non-hydrogen) atoms. The first kappa shape index (κ1) is 14.3. The first-order valence-corrected chi connectivity index (χ1v) is 8.05. The summed E-state index contributed by atoms with van der Waals surface area (Å²) in [6.45, 7) is 4.52.